The largest absolute Gasteiger partial charge is 0.329 e. The molecular formula is C40H35ClN6O8S2. The molecule has 57 heavy (non-hydrogen) atoms. The van der Waals surface area contributed by atoms with Crippen LogP contribution in [0.3, 0.4) is 0 Å². The van der Waals surface area contributed by atoms with Gasteiger partial charge in [-0.2, -0.15) is 0 Å². The zero-order chi connectivity index (χ0) is 41.2. The van der Waals surface area contributed by atoms with Gasteiger partial charge in [-0.15, -0.1) is 12.8 Å². The Kier molecular flexibility index (Phi) is 11.3. The van der Waals surface area contributed by atoms with Crippen molar-refractivity contribution in [3.8, 4) is 24.7 Å². The highest BCUT2D eigenvalue weighted by Gasteiger charge is 2.60. The van der Waals surface area contributed by atoms with Crippen LogP contribution in [0.25, 0.3) is 0 Å². The Hall–Kier alpha value is -6.01. The van der Waals surface area contributed by atoms with Crippen LogP contribution in [-0.4, -0.2) is 63.9 Å². The molecule has 2 saturated heterocycles. The first-order valence-electron chi connectivity index (χ1n) is 17.3. The summed E-state index contributed by atoms with van der Waals surface area (Å²) < 4.78 is 49.3. The first-order valence-corrected chi connectivity index (χ1v) is 21.1. The minimum atomic E-state index is -3.78. The second-order valence-corrected chi connectivity index (χ2v) is 17.9. The molecule has 5 N–H and O–H groups in total. The summed E-state index contributed by atoms with van der Waals surface area (Å²) in [6.45, 7) is 0. The summed E-state index contributed by atoms with van der Waals surface area (Å²) in [7, 11) is -2.35. The summed E-state index contributed by atoms with van der Waals surface area (Å²) in [5.74, 6) is 4.17. The van der Waals surface area contributed by atoms with Gasteiger partial charge in [0.1, 0.15) is 11.1 Å². The maximum atomic E-state index is 12.8. The first-order chi connectivity index (χ1) is 27.0. The third-order valence-corrected chi connectivity index (χ3v) is 12.5. The number of carbonyl (C=O) groups is 4. The lowest BCUT2D eigenvalue weighted by molar-refractivity contribution is -0.126. The van der Waals surface area contributed by atoms with Crippen molar-refractivity contribution in [2.45, 2.75) is 58.6 Å². The summed E-state index contributed by atoms with van der Waals surface area (Å²) >= 11 is 0. The zero-order valence-corrected chi connectivity index (χ0v) is 32.4. The molecule has 2 heterocycles. The highest BCUT2D eigenvalue weighted by atomic mass is 35.7. The van der Waals surface area contributed by atoms with Gasteiger partial charge in [0.05, 0.1) is 21.2 Å². The van der Waals surface area contributed by atoms with Crippen LogP contribution in [0.4, 0.5) is 21.0 Å². The van der Waals surface area contributed by atoms with Crippen molar-refractivity contribution in [2.24, 2.45) is 5.73 Å². The molecule has 2 aliphatic carbocycles. The fourth-order valence-corrected chi connectivity index (χ4v) is 8.97. The minimum Gasteiger partial charge on any atom is -0.327 e. The number of imide groups is 2. The number of halogens is 1. The number of rotatable bonds is 6. The van der Waals surface area contributed by atoms with Crippen LogP contribution >= 0.6 is 10.7 Å². The van der Waals surface area contributed by atoms with E-state index in [0.717, 1.165) is 4.90 Å². The van der Waals surface area contributed by atoms with Gasteiger partial charge in [0.25, 0.3) is 20.9 Å². The van der Waals surface area contributed by atoms with Crippen molar-refractivity contribution in [1.82, 2.24) is 15.4 Å². The summed E-state index contributed by atoms with van der Waals surface area (Å²) in [4.78, 5) is 51.6. The SMILES string of the molecule is C#Cc1cccc(S(=O)(=O)Cl)c1.C#Cc1cccc(S(=O)(=O)NC2CC3(C2)NC(=O)N(c2ccccc2)C3=O)c1.NC1CC2(C1)NC(=O)N(c1ccccc1)C2=O. The predicted molar refractivity (Wildman–Crippen MR) is 213 cm³/mol. The van der Waals surface area contributed by atoms with Crippen LogP contribution in [0.5, 0.6) is 0 Å². The second kappa shape index (κ2) is 15.9. The number of carbonyl (C=O) groups excluding carboxylic acids is 4. The van der Waals surface area contributed by atoms with Gasteiger partial charge < -0.3 is 16.4 Å². The van der Waals surface area contributed by atoms with Crippen LogP contribution in [0.2, 0.25) is 0 Å². The summed E-state index contributed by atoms with van der Waals surface area (Å²) in [6.07, 6.45) is 11.8. The molecule has 17 heteroatoms. The highest BCUT2D eigenvalue weighted by Crippen LogP contribution is 2.40. The van der Waals surface area contributed by atoms with Crippen molar-refractivity contribution in [2.75, 3.05) is 9.80 Å². The van der Waals surface area contributed by atoms with E-state index in [1.165, 1.54) is 29.2 Å². The highest BCUT2D eigenvalue weighted by molar-refractivity contribution is 8.13. The quantitative estimate of drug-likeness (QED) is 0.127. The van der Waals surface area contributed by atoms with Crippen molar-refractivity contribution >= 4 is 65.0 Å². The maximum Gasteiger partial charge on any atom is 0.329 e. The van der Waals surface area contributed by atoms with Gasteiger partial charge in [-0.3, -0.25) is 9.59 Å². The number of para-hydroxylation sites is 2. The molecule has 0 bridgehead atoms. The Morgan fingerprint density at radius 3 is 1.49 bits per heavy atom. The fraction of sp³-hybridized carbons (Fsp3) is 0.200. The van der Waals surface area contributed by atoms with E-state index in [1.54, 1.807) is 78.9 Å². The first kappa shape index (κ1) is 40.6. The van der Waals surface area contributed by atoms with E-state index in [4.69, 9.17) is 29.3 Å². The summed E-state index contributed by atoms with van der Waals surface area (Å²) in [5, 5.41) is 5.47. The molecule has 4 aromatic rings. The average molecular weight is 827 g/mol. The number of amides is 6. The molecule has 2 spiro atoms. The molecule has 4 fully saturated rings. The number of terminal acetylenes is 2. The number of nitrogens with two attached hydrogens (primary N) is 1. The molecule has 4 aliphatic rings. The lowest BCUT2D eigenvalue weighted by Crippen LogP contribution is -2.63. The molecule has 14 nitrogen and oxygen atoms in total. The van der Waals surface area contributed by atoms with Crippen LogP contribution < -0.4 is 30.9 Å². The van der Waals surface area contributed by atoms with Gasteiger partial charge in [0.2, 0.25) is 10.0 Å². The van der Waals surface area contributed by atoms with E-state index >= 15 is 0 Å². The van der Waals surface area contributed by atoms with Crippen molar-refractivity contribution in [3.63, 3.8) is 0 Å². The molecule has 292 valence electrons. The van der Waals surface area contributed by atoms with Crippen molar-refractivity contribution < 1.29 is 36.0 Å². The second-order valence-electron chi connectivity index (χ2n) is 13.7. The predicted octanol–water partition coefficient (Wildman–Crippen LogP) is 3.80. The molecule has 4 aromatic carbocycles. The number of hydrogen-bond donors (Lipinski definition) is 4. The Morgan fingerprint density at radius 2 is 1.07 bits per heavy atom. The number of benzene rings is 4. The molecule has 2 aliphatic heterocycles. The number of hydrogen-bond acceptors (Lipinski definition) is 9. The van der Waals surface area contributed by atoms with Crippen LogP contribution in [0.15, 0.2) is 119 Å². The molecular weight excluding hydrogens is 792 g/mol. The monoisotopic (exact) mass is 826 g/mol. The fourth-order valence-electron chi connectivity index (χ4n) is 6.90. The van der Waals surface area contributed by atoms with Crippen LogP contribution in [0.1, 0.15) is 36.8 Å². The van der Waals surface area contributed by atoms with Crippen molar-refractivity contribution in [3.05, 3.63) is 120 Å². The lowest BCUT2D eigenvalue weighted by Gasteiger charge is -2.42. The van der Waals surface area contributed by atoms with E-state index in [1.807, 2.05) is 6.07 Å². The van der Waals surface area contributed by atoms with E-state index in [-0.39, 0.29) is 46.5 Å². The number of urea groups is 2. The summed E-state index contributed by atoms with van der Waals surface area (Å²) in [5.41, 5.74) is 5.94. The van der Waals surface area contributed by atoms with E-state index < -0.39 is 42.2 Å². The Labute approximate surface area is 334 Å². The van der Waals surface area contributed by atoms with Gasteiger partial charge in [0.15, 0.2) is 0 Å². The van der Waals surface area contributed by atoms with Crippen LogP contribution in [0, 0.1) is 24.7 Å². The Morgan fingerprint density at radius 1 is 0.649 bits per heavy atom. The average Bonchev–Trinajstić information content (AvgIpc) is 3.59. The van der Waals surface area contributed by atoms with Crippen LogP contribution in [-0.2, 0) is 28.7 Å². The summed E-state index contributed by atoms with van der Waals surface area (Å²) in [6, 6.07) is 28.3. The minimum absolute atomic E-state index is 0.00923. The van der Waals surface area contributed by atoms with Gasteiger partial charge >= 0.3 is 12.1 Å². The van der Waals surface area contributed by atoms with Gasteiger partial charge in [-0.25, -0.2) is 40.9 Å². The molecule has 0 aromatic heterocycles. The molecule has 2 saturated carbocycles. The third-order valence-electron chi connectivity index (χ3n) is 9.68. The molecule has 6 amide bonds. The molecule has 0 radical (unpaired) electrons. The smallest absolute Gasteiger partial charge is 0.327 e. The molecule has 8 rings (SSSR count). The van der Waals surface area contributed by atoms with Crippen molar-refractivity contribution in [1.29, 1.82) is 0 Å². The third kappa shape index (κ3) is 8.41. The van der Waals surface area contributed by atoms with Gasteiger partial charge in [-0.05, 0) is 86.3 Å². The normalized spacial score (nSPS) is 23.4. The topological polar surface area (TPSA) is 205 Å². The number of nitrogens with zero attached hydrogens (tertiary/aromatic N) is 2. The number of anilines is 2. The molecule has 0 unspecified atom stereocenters. The molecule has 0 atom stereocenters. The Bertz CT molecular complexity index is 2550. The lowest BCUT2D eigenvalue weighted by atomic mass is 9.73. The number of nitrogens with one attached hydrogen (secondary N) is 3. The standard InChI is InChI=1S/C20H17N3O4S.C12H13N3O2.C8H5ClO2S/c1-2-14-7-6-10-17(11-14)28(26,27)22-15-12-20(13-15)18(24)23(19(25)21-20)16-8-4-3-5-9-16;13-8-6-12(7-8)10(16)15(11(17)14-12)9-4-2-1-3-5-9;1-2-7-4-3-5-8(6-7)12(9,10)11/h1,3-11,15,22H,12-13H2,(H,21,25);1-5,8H,6-7,13H2,(H,14,17);1,3-6H. The van der Waals surface area contributed by atoms with Gasteiger partial charge in [-0.1, -0.05) is 60.4 Å². The number of sulfonamides is 1. The van der Waals surface area contributed by atoms with E-state index in [0.29, 0.717) is 35.3 Å². The zero-order valence-electron chi connectivity index (χ0n) is 30.0. The van der Waals surface area contributed by atoms with E-state index in [9.17, 15) is 36.0 Å². The van der Waals surface area contributed by atoms with Gasteiger partial charge in [0, 0.05) is 33.9 Å². The van der Waals surface area contributed by atoms with E-state index in [2.05, 4.69) is 27.2 Å². The maximum absolute atomic E-state index is 12.8. The Balaban J connectivity index is 0.000000160.